The van der Waals surface area contributed by atoms with Gasteiger partial charge in [0.05, 0.1) is 0 Å². The summed E-state index contributed by atoms with van der Waals surface area (Å²) < 4.78 is 6.27. The highest BCUT2D eigenvalue weighted by Crippen LogP contribution is 2.36. The number of oxazole rings is 1. The highest BCUT2D eigenvalue weighted by Gasteiger charge is 2.23. The third-order valence-electron chi connectivity index (χ3n) is 3.93. The number of nitrogens with one attached hydrogen (secondary N) is 1. The van der Waals surface area contributed by atoms with Gasteiger partial charge in [0.1, 0.15) is 16.1 Å². The summed E-state index contributed by atoms with van der Waals surface area (Å²) in [6.07, 6.45) is 0. The summed E-state index contributed by atoms with van der Waals surface area (Å²) in [6, 6.07) is 12.0. The van der Waals surface area contributed by atoms with E-state index in [0.29, 0.717) is 27.2 Å². The Balaban J connectivity index is 1.67. The predicted octanol–water partition coefficient (Wildman–Crippen LogP) is 5.92. The van der Waals surface area contributed by atoms with Crippen LogP contribution in [-0.2, 0) is 0 Å². The van der Waals surface area contributed by atoms with Crippen molar-refractivity contribution in [3.05, 3.63) is 68.8 Å². The Bertz CT molecular complexity index is 1220. The summed E-state index contributed by atoms with van der Waals surface area (Å²) in [7, 11) is 0. The summed E-state index contributed by atoms with van der Waals surface area (Å²) in [5.41, 5.74) is 2.15. The molecule has 1 amide bonds. The van der Waals surface area contributed by atoms with Crippen LogP contribution >= 0.6 is 38.9 Å². The van der Waals surface area contributed by atoms with Crippen LogP contribution in [0.25, 0.3) is 22.2 Å². The molecule has 9 heteroatoms. The van der Waals surface area contributed by atoms with E-state index < -0.39 is 11.9 Å². The molecule has 4 rings (SSSR count). The molecular formula is C19H10BrClN2O4S. The molecule has 2 aromatic carbocycles. The molecule has 0 spiro atoms. The molecule has 28 heavy (non-hydrogen) atoms. The average Bonchev–Trinajstić information content (AvgIpc) is 3.26. The normalized spacial score (nSPS) is 10.9. The summed E-state index contributed by atoms with van der Waals surface area (Å²) >= 11 is 10.3. The molecule has 2 aromatic heterocycles. The zero-order chi connectivity index (χ0) is 19.8. The van der Waals surface area contributed by atoms with Crippen LogP contribution in [0.1, 0.15) is 21.0 Å². The Morgan fingerprint density at radius 3 is 2.64 bits per heavy atom. The number of halogens is 2. The molecule has 0 unspecified atom stereocenters. The second-order valence-corrected chi connectivity index (χ2v) is 7.98. The number of aromatic nitrogens is 1. The minimum Gasteiger partial charge on any atom is -0.478 e. The van der Waals surface area contributed by atoms with Gasteiger partial charge < -0.3 is 14.8 Å². The van der Waals surface area contributed by atoms with Crippen LogP contribution in [0.4, 0.5) is 5.00 Å². The van der Waals surface area contributed by atoms with Gasteiger partial charge in [-0.15, -0.1) is 11.3 Å². The molecule has 0 aliphatic heterocycles. The largest absolute Gasteiger partial charge is 0.478 e. The number of carbonyl (C=O) groups excluding carboxylic acids is 1. The first-order valence-electron chi connectivity index (χ1n) is 7.90. The van der Waals surface area contributed by atoms with Crippen molar-refractivity contribution in [1.82, 2.24) is 4.98 Å². The van der Waals surface area contributed by atoms with Gasteiger partial charge in [0, 0.05) is 20.4 Å². The molecule has 2 heterocycles. The van der Waals surface area contributed by atoms with Crippen molar-refractivity contribution in [2.24, 2.45) is 0 Å². The molecular weight excluding hydrogens is 468 g/mol. The number of carboxylic acid groups (broad SMARTS) is 1. The molecule has 0 aliphatic rings. The van der Waals surface area contributed by atoms with Crippen LogP contribution in [0.2, 0.25) is 5.02 Å². The highest BCUT2D eigenvalue weighted by molar-refractivity contribution is 9.10. The van der Waals surface area contributed by atoms with Crippen molar-refractivity contribution in [1.29, 1.82) is 0 Å². The molecule has 0 bridgehead atoms. The number of hydrogen-bond acceptors (Lipinski definition) is 5. The fourth-order valence-electron chi connectivity index (χ4n) is 2.66. The molecule has 0 fully saturated rings. The maximum absolute atomic E-state index is 12.6. The van der Waals surface area contributed by atoms with E-state index in [9.17, 15) is 14.7 Å². The van der Waals surface area contributed by atoms with Crippen molar-refractivity contribution < 1.29 is 19.1 Å². The first kappa shape index (κ1) is 18.7. The third kappa shape index (κ3) is 3.54. The van der Waals surface area contributed by atoms with E-state index in [0.717, 1.165) is 15.8 Å². The van der Waals surface area contributed by atoms with Crippen LogP contribution in [0.3, 0.4) is 0 Å². The molecule has 0 aliphatic carbocycles. The number of anilines is 1. The van der Waals surface area contributed by atoms with Crippen molar-refractivity contribution in [2.75, 3.05) is 5.32 Å². The van der Waals surface area contributed by atoms with Gasteiger partial charge in [-0.3, -0.25) is 4.79 Å². The fourth-order valence-corrected chi connectivity index (χ4v) is 4.09. The summed E-state index contributed by atoms with van der Waals surface area (Å²) in [5, 5.41) is 14.7. The number of nitrogens with zero attached hydrogens (tertiary/aromatic N) is 1. The molecule has 0 atom stereocenters. The van der Waals surface area contributed by atoms with Crippen LogP contribution < -0.4 is 5.32 Å². The molecule has 140 valence electrons. The van der Waals surface area contributed by atoms with Gasteiger partial charge in [0.2, 0.25) is 0 Å². The number of carbonyl (C=O) groups is 2. The predicted molar refractivity (Wildman–Crippen MR) is 111 cm³/mol. The second-order valence-electron chi connectivity index (χ2n) is 5.75. The van der Waals surface area contributed by atoms with Crippen molar-refractivity contribution in [2.45, 2.75) is 0 Å². The van der Waals surface area contributed by atoms with E-state index in [1.165, 1.54) is 0 Å². The van der Waals surface area contributed by atoms with E-state index >= 15 is 0 Å². The number of thiophene rings is 1. The number of fused-ring (bicyclic) bond motifs is 1. The van der Waals surface area contributed by atoms with Crippen LogP contribution in [-0.4, -0.2) is 22.0 Å². The first-order valence-corrected chi connectivity index (χ1v) is 9.95. The SMILES string of the molecule is O=C(Nc1scc(-c2ccc(Cl)cc2)c1C(=O)O)c1nc2cc(Br)ccc2o1. The lowest BCUT2D eigenvalue weighted by Gasteiger charge is -2.04. The van der Waals surface area contributed by atoms with Gasteiger partial charge in [-0.25, -0.2) is 9.78 Å². The van der Waals surface area contributed by atoms with Crippen LogP contribution in [0.5, 0.6) is 0 Å². The van der Waals surface area contributed by atoms with Crippen molar-refractivity contribution in [3.63, 3.8) is 0 Å². The molecule has 4 aromatic rings. The fraction of sp³-hybridized carbons (Fsp3) is 0. The van der Waals surface area contributed by atoms with E-state index in [2.05, 4.69) is 26.2 Å². The lowest BCUT2D eigenvalue weighted by atomic mass is 10.0. The van der Waals surface area contributed by atoms with Crippen molar-refractivity contribution in [3.8, 4) is 11.1 Å². The molecule has 0 saturated carbocycles. The van der Waals surface area contributed by atoms with Gasteiger partial charge in [0.25, 0.3) is 5.89 Å². The summed E-state index contributed by atoms with van der Waals surface area (Å²) in [5.74, 6) is -1.92. The zero-order valence-corrected chi connectivity index (χ0v) is 17.1. The second kappa shape index (κ2) is 7.38. The number of aromatic carboxylic acids is 1. The lowest BCUT2D eigenvalue weighted by molar-refractivity contribution is 0.0699. The van der Waals surface area contributed by atoms with Crippen LogP contribution in [0, 0.1) is 0 Å². The van der Waals surface area contributed by atoms with Gasteiger partial charge in [-0.1, -0.05) is 39.7 Å². The minimum atomic E-state index is -1.15. The van der Waals surface area contributed by atoms with Crippen LogP contribution in [0.15, 0.2) is 56.7 Å². The van der Waals surface area contributed by atoms with E-state index in [-0.39, 0.29) is 16.5 Å². The van der Waals surface area contributed by atoms with Crippen molar-refractivity contribution >= 4 is 66.8 Å². The Morgan fingerprint density at radius 2 is 1.93 bits per heavy atom. The summed E-state index contributed by atoms with van der Waals surface area (Å²) in [4.78, 5) is 28.5. The average molecular weight is 478 g/mol. The van der Waals surface area contributed by atoms with Gasteiger partial charge in [-0.05, 0) is 35.9 Å². The quantitative estimate of drug-likeness (QED) is 0.380. The monoisotopic (exact) mass is 476 g/mol. The number of carboxylic acids is 1. The highest BCUT2D eigenvalue weighted by atomic mass is 79.9. The zero-order valence-electron chi connectivity index (χ0n) is 13.9. The number of hydrogen-bond donors (Lipinski definition) is 2. The maximum Gasteiger partial charge on any atom is 0.339 e. The first-order chi connectivity index (χ1) is 13.4. The molecule has 2 N–H and O–H groups in total. The standard InChI is InChI=1S/C19H10BrClN2O4S/c20-10-3-6-14-13(7-10)22-17(27-14)16(24)23-18-15(19(25)26)12(8-28-18)9-1-4-11(21)5-2-9/h1-8H,(H,23,24)(H,25,26). The number of amides is 1. The van der Waals surface area contributed by atoms with Gasteiger partial charge >= 0.3 is 11.9 Å². The molecule has 6 nitrogen and oxygen atoms in total. The third-order valence-corrected chi connectivity index (χ3v) is 5.57. The molecule has 0 saturated heterocycles. The van der Waals surface area contributed by atoms with Gasteiger partial charge in [0.15, 0.2) is 5.58 Å². The Hall–Kier alpha value is -2.68. The molecule has 0 radical (unpaired) electrons. The maximum atomic E-state index is 12.6. The topological polar surface area (TPSA) is 92.4 Å². The number of benzene rings is 2. The Kier molecular flexibility index (Phi) is 4.92. The van der Waals surface area contributed by atoms with E-state index in [4.69, 9.17) is 16.0 Å². The minimum absolute atomic E-state index is 0.000437. The Labute approximate surface area is 175 Å². The smallest absolute Gasteiger partial charge is 0.339 e. The lowest BCUT2D eigenvalue weighted by Crippen LogP contribution is -2.13. The summed E-state index contributed by atoms with van der Waals surface area (Å²) in [6.45, 7) is 0. The Morgan fingerprint density at radius 1 is 1.18 bits per heavy atom. The van der Waals surface area contributed by atoms with Gasteiger partial charge in [-0.2, -0.15) is 0 Å². The number of rotatable bonds is 4. The van der Waals surface area contributed by atoms with E-state index in [1.54, 1.807) is 47.8 Å². The van der Waals surface area contributed by atoms with E-state index in [1.807, 2.05) is 0 Å².